The van der Waals surface area contributed by atoms with E-state index in [4.69, 9.17) is 5.73 Å². The molecule has 2 rings (SSSR count). The van der Waals surface area contributed by atoms with E-state index in [2.05, 4.69) is 24.3 Å². The summed E-state index contributed by atoms with van der Waals surface area (Å²) in [5.74, 6) is -0.157. The van der Waals surface area contributed by atoms with Crippen molar-refractivity contribution in [1.29, 1.82) is 0 Å². The molecule has 1 aliphatic rings. The molecule has 6 nitrogen and oxygen atoms in total. The van der Waals surface area contributed by atoms with Crippen LogP contribution in [0.3, 0.4) is 0 Å². The molecule has 6 heteroatoms. The number of nitrogen functional groups attached to an aromatic ring is 1. The monoisotopic (exact) mass is 292 g/mol. The van der Waals surface area contributed by atoms with Crippen LogP contribution in [0.1, 0.15) is 25.7 Å². The van der Waals surface area contributed by atoms with Crippen LogP contribution in [0.2, 0.25) is 0 Å². The molecule has 1 aromatic heterocycles. The Kier molecular flexibility index (Phi) is 4.67. The van der Waals surface area contributed by atoms with Crippen LogP contribution in [0.25, 0.3) is 0 Å². The number of carbonyl (C=O) groups is 1. The topological polar surface area (TPSA) is 80.4 Å². The van der Waals surface area contributed by atoms with E-state index in [1.165, 1.54) is 35.7 Å². The first kappa shape index (κ1) is 15.6. The van der Waals surface area contributed by atoms with Crippen LogP contribution in [-0.4, -0.2) is 41.6 Å². The number of carbonyl (C=O) groups excluding carboxylic acids is 1. The van der Waals surface area contributed by atoms with Gasteiger partial charge in [-0.05, 0) is 33.0 Å². The molecule has 1 saturated carbocycles. The lowest BCUT2D eigenvalue weighted by molar-refractivity contribution is -0.122. The van der Waals surface area contributed by atoms with Crippen molar-refractivity contribution >= 4 is 11.6 Å². The highest BCUT2D eigenvalue weighted by Gasteiger charge is 2.36. The number of nitrogens with two attached hydrogens (primary N) is 1. The van der Waals surface area contributed by atoms with Crippen molar-refractivity contribution in [2.24, 2.45) is 0 Å². The Balaban J connectivity index is 1.96. The van der Waals surface area contributed by atoms with E-state index >= 15 is 0 Å². The molecule has 1 amide bonds. The van der Waals surface area contributed by atoms with E-state index < -0.39 is 0 Å². The lowest BCUT2D eigenvalue weighted by atomic mass is 9.96. The zero-order valence-corrected chi connectivity index (χ0v) is 12.8. The average Bonchev–Trinajstić information content (AvgIpc) is 2.91. The minimum Gasteiger partial charge on any atom is -0.398 e. The number of hydrogen-bond acceptors (Lipinski definition) is 4. The van der Waals surface area contributed by atoms with Crippen LogP contribution in [0.15, 0.2) is 23.1 Å². The van der Waals surface area contributed by atoms with Crippen molar-refractivity contribution in [2.75, 3.05) is 26.4 Å². The van der Waals surface area contributed by atoms with Gasteiger partial charge in [0.15, 0.2) is 0 Å². The lowest BCUT2D eigenvalue weighted by Crippen LogP contribution is -2.51. The Morgan fingerprint density at radius 3 is 2.67 bits per heavy atom. The highest BCUT2D eigenvalue weighted by Crippen LogP contribution is 2.32. The third-order valence-corrected chi connectivity index (χ3v) is 4.42. The van der Waals surface area contributed by atoms with Gasteiger partial charge < -0.3 is 20.5 Å². The largest absolute Gasteiger partial charge is 0.398 e. The fourth-order valence-electron chi connectivity index (χ4n) is 2.96. The smallest absolute Gasteiger partial charge is 0.251 e. The van der Waals surface area contributed by atoms with Gasteiger partial charge in [0, 0.05) is 30.0 Å². The van der Waals surface area contributed by atoms with Gasteiger partial charge in [-0.3, -0.25) is 9.59 Å². The molecule has 1 aromatic rings. The molecular weight excluding hydrogens is 268 g/mol. The van der Waals surface area contributed by atoms with Crippen molar-refractivity contribution in [2.45, 2.75) is 37.8 Å². The first-order valence-corrected chi connectivity index (χ1v) is 7.33. The molecule has 116 valence electrons. The maximum absolute atomic E-state index is 12.1. The molecular formula is C15H24N4O2. The van der Waals surface area contributed by atoms with Crippen molar-refractivity contribution in [3.63, 3.8) is 0 Å². The average molecular weight is 292 g/mol. The Bertz CT molecular complexity index is 559. The van der Waals surface area contributed by atoms with Crippen LogP contribution >= 0.6 is 0 Å². The fourth-order valence-corrected chi connectivity index (χ4v) is 2.96. The number of nitrogens with one attached hydrogen (secondary N) is 1. The second kappa shape index (κ2) is 6.30. The Labute approximate surface area is 124 Å². The number of rotatable bonds is 5. The van der Waals surface area contributed by atoms with Crippen LogP contribution in [0.4, 0.5) is 5.69 Å². The van der Waals surface area contributed by atoms with Crippen LogP contribution in [0.5, 0.6) is 0 Å². The number of hydrogen-bond donors (Lipinski definition) is 2. The fraction of sp³-hybridized carbons (Fsp3) is 0.600. The van der Waals surface area contributed by atoms with Gasteiger partial charge in [0.05, 0.1) is 0 Å². The second-order valence-corrected chi connectivity index (χ2v) is 6.03. The first-order valence-electron chi connectivity index (χ1n) is 7.33. The summed E-state index contributed by atoms with van der Waals surface area (Å²) in [7, 11) is 4.11. The first-order chi connectivity index (χ1) is 9.93. The summed E-state index contributed by atoms with van der Waals surface area (Å²) in [6.07, 6.45) is 6.08. The summed E-state index contributed by atoms with van der Waals surface area (Å²) in [6, 6.07) is 2.91. The maximum Gasteiger partial charge on any atom is 0.251 e. The Hall–Kier alpha value is -1.82. The minimum absolute atomic E-state index is 0.00732. The van der Waals surface area contributed by atoms with Gasteiger partial charge in [-0.2, -0.15) is 0 Å². The highest BCUT2D eigenvalue weighted by molar-refractivity contribution is 5.75. The van der Waals surface area contributed by atoms with Crippen molar-refractivity contribution in [3.8, 4) is 0 Å². The summed E-state index contributed by atoms with van der Waals surface area (Å²) in [6.45, 7) is 0.628. The summed E-state index contributed by atoms with van der Waals surface area (Å²) in [4.78, 5) is 25.9. The van der Waals surface area contributed by atoms with Crippen molar-refractivity contribution < 1.29 is 4.79 Å². The van der Waals surface area contributed by atoms with Crippen LogP contribution in [0, 0.1) is 0 Å². The molecule has 0 bridgehead atoms. The molecule has 0 aliphatic heterocycles. The predicted molar refractivity (Wildman–Crippen MR) is 83.0 cm³/mol. The molecule has 21 heavy (non-hydrogen) atoms. The van der Waals surface area contributed by atoms with Gasteiger partial charge in [-0.1, -0.05) is 12.8 Å². The molecule has 0 radical (unpaired) electrons. The summed E-state index contributed by atoms with van der Waals surface area (Å²) >= 11 is 0. The molecule has 1 fully saturated rings. The van der Waals surface area contributed by atoms with Gasteiger partial charge in [0.25, 0.3) is 5.56 Å². The SMILES string of the molecule is CN(C)C1(CNC(=O)Cn2cc(N)ccc2=O)CCCC1. The zero-order chi connectivity index (χ0) is 15.5. The molecule has 0 spiro atoms. The predicted octanol–water partition coefficient (Wildman–Crippen LogP) is 0.421. The van der Waals surface area contributed by atoms with E-state index in [0.717, 1.165) is 12.8 Å². The molecule has 3 N–H and O–H groups in total. The van der Waals surface area contributed by atoms with Gasteiger partial charge in [-0.15, -0.1) is 0 Å². The number of amides is 1. The molecule has 0 atom stereocenters. The standard InChI is InChI=1S/C15H24N4O2/c1-18(2)15(7-3-4-8-15)11-17-13(20)10-19-9-12(16)5-6-14(19)21/h5-6,9H,3-4,7-8,10-11,16H2,1-2H3,(H,17,20). The number of likely N-dealkylation sites (N-methyl/N-ethyl adjacent to an activating group) is 1. The van der Waals surface area contributed by atoms with E-state index in [1.807, 2.05) is 0 Å². The summed E-state index contributed by atoms with van der Waals surface area (Å²) < 4.78 is 1.33. The van der Waals surface area contributed by atoms with Gasteiger partial charge in [0.1, 0.15) is 6.54 Å². The molecule has 0 unspecified atom stereocenters. The summed E-state index contributed by atoms with van der Waals surface area (Å²) in [5.41, 5.74) is 5.95. The van der Waals surface area contributed by atoms with Crippen molar-refractivity contribution in [3.05, 3.63) is 28.7 Å². The van der Waals surface area contributed by atoms with Gasteiger partial charge in [0.2, 0.25) is 5.91 Å². The third kappa shape index (κ3) is 3.64. The molecule has 1 aliphatic carbocycles. The quantitative estimate of drug-likeness (QED) is 0.824. The maximum atomic E-state index is 12.1. The van der Waals surface area contributed by atoms with Crippen LogP contribution < -0.4 is 16.6 Å². The van der Waals surface area contributed by atoms with E-state index in [9.17, 15) is 9.59 Å². The number of nitrogens with zero attached hydrogens (tertiary/aromatic N) is 2. The number of pyridine rings is 1. The second-order valence-electron chi connectivity index (χ2n) is 6.03. The van der Waals surface area contributed by atoms with Gasteiger partial charge in [-0.25, -0.2) is 0 Å². The zero-order valence-electron chi connectivity index (χ0n) is 12.8. The third-order valence-electron chi connectivity index (χ3n) is 4.42. The summed E-state index contributed by atoms with van der Waals surface area (Å²) in [5, 5.41) is 2.96. The van der Waals surface area contributed by atoms with Gasteiger partial charge >= 0.3 is 0 Å². The molecule has 1 heterocycles. The Morgan fingerprint density at radius 2 is 2.05 bits per heavy atom. The lowest BCUT2D eigenvalue weighted by Gasteiger charge is -2.36. The van der Waals surface area contributed by atoms with E-state index in [-0.39, 0.29) is 23.6 Å². The van der Waals surface area contributed by atoms with E-state index in [0.29, 0.717) is 12.2 Å². The highest BCUT2D eigenvalue weighted by atomic mass is 16.2. The van der Waals surface area contributed by atoms with E-state index in [1.54, 1.807) is 0 Å². The Morgan fingerprint density at radius 1 is 1.38 bits per heavy atom. The normalized spacial score (nSPS) is 17.1. The molecule has 0 saturated heterocycles. The minimum atomic E-state index is -0.220. The molecule has 0 aromatic carbocycles. The number of aromatic nitrogens is 1. The number of anilines is 1. The van der Waals surface area contributed by atoms with Crippen LogP contribution in [-0.2, 0) is 11.3 Å². The van der Waals surface area contributed by atoms with Crippen molar-refractivity contribution in [1.82, 2.24) is 14.8 Å².